The van der Waals surface area contributed by atoms with Gasteiger partial charge in [0.25, 0.3) is 0 Å². The fraction of sp³-hybridized carbons (Fsp3) is 0.500. The van der Waals surface area contributed by atoms with Crippen LogP contribution in [0.1, 0.15) is 19.3 Å². The van der Waals surface area contributed by atoms with Crippen LogP contribution in [0.15, 0.2) is 28.5 Å². The van der Waals surface area contributed by atoms with Gasteiger partial charge in [-0.1, -0.05) is 23.8 Å². The molecule has 3 atom stereocenters. The van der Waals surface area contributed by atoms with Crippen LogP contribution in [0.5, 0.6) is 0 Å². The fourth-order valence-corrected chi connectivity index (χ4v) is 5.96. The lowest BCUT2D eigenvalue weighted by Gasteiger charge is -2.16. The maximum atomic E-state index is 12.2. The number of thiophene rings is 1. The normalized spacial score (nSPS) is 31.2. The van der Waals surface area contributed by atoms with Crippen LogP contribution in [0, 0.1) is 11.8 Å². The molecule has 2 aliphatic rings. The summed E-state index contributed by atoms with van der Waals surface area (Å²) in [5.74, 6) is 0.743. The van der Waals surface area contributed by atoms with Gasteiger partial charge in [-0.05, 0) is 43.2 Å². The lowest BCUT2D eigenvalue weighted by Crippen LogP contribution is -2.37. The third-order valence-corrected chi connectivity index (χ3v) is 7.13. The Labute approximate surface area is 116 Å². The summed E-state index contributed by atoms with van der Waals surface area (Å²) in [6, 6.07) is 3.20. The van der Waals surface area contributed by atoms with Crippen molar-refractivity contribution in [1.82, 2.24) is 4.72 Å². The number of halogens is 1. The monoisotopic (exact) mass is 303 g/mol. The van der Waals surface area contributed by atoms with Crippen molar-refractivity contribution in [2.45, 2.75) is 29.5 Å². The van der Waals surface area contributed by atoms with Crippen molar-refractivity contribution in [3.8, 4) is 0 Å². The molecule has 0 aromatic carbocycles. The summed E-state index contributed by atoms with van der Waals surface area (Å²) in [5.41, 5.74) is 1.20. The molecule has 98 valence electrons. The second-order valence-corrected chi connectivity index (χ2v) is 8.67. The van der Waals surface area contributed by atoms with Crippen molar-refractivity contribution in [2.24, 2.45) is 11.8 Å². The molecule has 2 aliphatic carbocycles. The smallest absolute Gasteiger partial charge is 0.206 e. The van der Waals surface area contributed by atoms with E-state index in [4.69, 9.17) is 11.6 Å². The first-order chi connectivity index (χ1) is 8.47. The second kappa shape index (κ2) is 4.34. The topological polar surface area (TPSA) is 46.2 Å². The maximum Gasteiger partial charge on any atom is 0.250 e. The van der Waals surface area contributed by atoms with Crippen molar-refractivity contribution in [3.05, 3.63) is 28.6 Å². The summed E-state index contributed by atoms with van der Waals surface area (Å²) in [7, 11) is -3.43. The van der Waals surface area contributed by atoms with E-state index in [1.807, 2.05) is 0 Å². The molecule has 0 spiro atoms. The molecule has 18 heavy (non-hydrogen) atoms. The highest BCUT2D eigenvalue weighted by Crippen LogP contribution is 2.48. The zero-order valence-electron chi connectivity index (χ0n) is 9.73. The number of sulfonamides is 1. The quantitative estimate of drug-likeness (QED) is 0.872. The van der Waals surface area contributed by atoms with Crippen LogP contribution in [0.3, 0.4) is 0 Å². The highest BCUT2D eigenvalue weighted by Gasteiger charge is 2.45. The minimum atomic E-state index is -3.43. The Morgan fingerprint density at radius 1 is 1.39 bits per heavy atom. The Hall–Kier alpha value is -0.360. The number of fused-ring (bicyclic) bond motifs is 2. The van der Waals surface area contributed by atoms with Gasteiger partial charge in [-0.3, -0.25) is 0 Å². The predicted molar refractivity (Wildman–Crippen MR) is 73.4 cm³/mol. The molecule has 2 saturated carbocycles. The van der Waals surface area contributed by atoms with Crippen LogP contribution < -0.4 is 4.72 Å². The minimum Gasteiger partial charge on any atom is -0.206 e. The SMILES string of the molecule is C=C1CC2CCC1C2NS(=O)(=O)c1ccc(Cl)s1. The van der Waals surface area contributed by atoms with Gasteiger partial charge in [0.15, 0.2) is 0 Å². The lowest BCUT2D eigenvalue weighted by atomic mass is 9.96. The van der Waals surface area contributed by atoms with E-state index in [9.17, 15) is 8.42 Å². The van der Waals surface area contributed by atoms with Gasteiger partial charge in [0, 0.05) is 6.04 Å². The van der Waals surface area contributed by atoms with E-state index < -0.39 is 10.0 Å². The Morgan fingerprint density at radius 3 is 2.67 bits per heavy atom. The number of hydrogen-bond donors (Lipinski definition) is 1. The molecule has 0 amide bonds. The van der Waals surface area contributed by atoms with E-state index in [0.29, 0.717) is 20.4 Å². The molecule has 1 heterocycles. The van der Waals surface area contributed by atoms with Gasteiger partial charge in [-0.25, -0.2) is 13.1 Å². The Bertz CT molecular complexity index is 593. The van der Waals surface area contributed by atoms with Crippen LogP contribution in [0.2, 0.25) is 4.34 Å². The van der Waals surface area contributed by atoms with Crippen molar-refractivity contribution < 1.29 is 8.42 Å². The average molecular weight is 304 g/mol. The molecule has 1 aromatic rings. The molecule has 2 fully saturated rings. The summed E-state index contributed by atoms with van der Waals surface area (Å²) in [6.07, 6.45) is 3.12. The Balaban J connectivity index is 1.83. The summed E-state index contributed by atoms with van der Waals surface area (Å²) in [6.45, 7) is 4.04. The van der Waals surface area contributed by atoms with E-state index in [-0.39, 0.29) is 6.04 Å². The van der Waals surface area contributed by atoms with Gasteiger partial charge in [0.1, 0.15) is 4.21 Å². The summed E-state index contributed by atoms with van der Waals surface area (Å²) in [4.78, 5) is 0. The van der Waals surface area contributed by atoms with Crippen molar-refractivity contribution in [3.63, 3.8) is 0 Å². The van der Waals surface area contributed by atoms with E-state index >= 15 is 0 Å². The predicted octanol–water partition coefficient (Wildman–Crippen LogP) is 3.03. The minimum absolute atomic E-state index is 0.0309. The molecule has 0 aliphatic heterocycles. The molecule has 3 nitrogen and oxygen atoms in total. The molecule has 0 radical (unpaired) electrons. The van der Waals surface area contributed by atoms with Crippen molar-refractivity contribution >= 4 is 33.0 Å². The highest BCUT2D eigenvalue weighted by atomic mass is 35.5. The molecule has 6 heteroatoms. The number of rotatable bonds is 3. The largest absolute Gasteiger partial charge is 0.250 e. The first-order valence-electron chi connectivity index (χ1n) is 5.93. The molecule has 2 bridgehead atoms. The van der Waals surface area contributed by atoms with Gasteiger partial charge in [0.2, 0.25) is 10.0 Å². The van der Waals surface area contributed by atoms with Gasteiger partial charge in [-0.2, -0.15) is 0 Å². The molecule has 3 rings (SSSR count). The highest BCUT2D eigenvalue weighted by molar-refractivity contribution is 7.91. The van der Waals surface area contributed by atoms with Gasteiger partial charge < -0.3 is 0 Å². The molecule has 1 aromatic heterocycles. The van der Waals surface area contributed by atoms with E-state index in [0.717, 1.165) is 30.6 Å². The fourth-order valence-electron chi connectivity index (χ4n) is 3.11. The molecule has 3 unspecified atom stereocenters. The number of hydrogen-bond acceptors (Lipinski definition) is 3. The van der Waals surface area contributed by atoms with Crippen LogP contribution >= 0.6 is 22.9 Å². The van der Waals surface area contributed by atoms with E-state index in [1.165, 1.54) is 5.57 Å². The Kier molecular flexibility index (Phi) is 3.05. The number of nitrogens with one attached hydrogen (secondary N) is 1. The first-order valence-corrected chi connectivity index (χ1v) is 8.60. The molecular weight excluding hydrogens is 290 g/mol. The Morgan fingerprint density at radius 2 is 2.17 bits per heavy atom. The maximum absolute atomic E-state index is 12.2. The first kappa shape index (κ1) is 12.7. The standard InChI is InChI=1S/C12H14ClNO2S2/c1-7-6-8-2-3-9(7)12(8)14-18(15,16)11-5-4-10(13)17-11/h4-5,8-9,12,14H,1-3,6H2. The van der Waals surface area contributed by atoms with Gasteiger partial charge in [0.05, 0.1) is 4.34 Å². The van der Waals surface area contributed by atoms with Crippen molar-refractivity contribution in [2.75, 3.05) is 0 Å². The van der Waals surface area contributed by atoms with Crippen LogP contribution in [-0.4, -0.2) is 14.5 Å². The van der Waals surface area contributed by atoms with Crippen molar-refractivity contribution in [1.29, 1.82) is 0 Å². The van der Waals surface area contributed by atoms with Crippen LogP contribution in [-0.2, 0) is 10.0 Å². The summed E-state index contributed by atoms with van der Waals surface area (Å²) < 4.78 is 28.1. The third kappa shape index (κ3) is 2.03. The average Bonchev–Trinajstić information content (AvgIpc) is 2.94. The second-order valence-electron chi connectivity index (χ2n) is 5.01. The third-order valence-electron chi connectivity index (χ3n) is 3.94. The van der Waals surface area contributed by atoms with E-state index in [2.05, 4.69) is 11.3 Å². The molecule has 0 saturated heterocycles. The zero-order valence-corrected chi connectivity index (χ0v) is 12.1. The van der Waals surface area contributed by atoms with Crippen LogP contribution in [0.25, 0.3) is 0 Å². The molecule has 1 N–H and O–H groups in total. The summed E-state index contributed by atoms with van der Waals surface area (Å²) >= 11 is 6.88. The lowest BCUT2D eigenvalue weighted by molar-refractivity contribution is 0.473. The van der Waals surface area contributed by atoms with E-state index in [1.54, 1.807) is 12.1 Å². The molecular formula is C12H14ClNO2S2. The van der Waals surface area contributed by atoms with Gasteiger partial charge >= 0.3 is 0 Å². The van der Waals surface area contributed by atoms with Gasteiger partial charge in [-0.15, -0.1) is 11.3 Å². The zero-order chi connectivity index (χ0) is 12.9. The summed E-state index contributed by atoms with van der Waals surface area (Å²) in [5, 5.41) is 0. The van der Waals surface area contributed by atoms with Crippen LogP contribution in [0.4, 0.5) is 0 Å².